The number of aliphatic carboxylic acids is 1. The Morgan fingerprint density at radius 1 is 1.23 bits per heavy atom. The highest BCUT2D eigenvalue weighted by Gasteiger charge is 2.76. The van der Waals surface area contributed by atoms with Crippen molar-refractivity contribution in [3.63, 3.8) is 0 Å². The van der Waals surface area contributed by atoms with E-state index in [2.05, 4.69) is 48.1 Å². The second-order valence-electron chi connectivity index (χ2n) is 12.5. The Labute approximate surface area is 214 Å². The van der Waals surface area contributed by atoms with Gasteiger partial charge in [-0.2, -0.15) is 0 Å². The number of fused-ring (bicyclic) bond motifs is 1. The van der Waals surface area contributed by atoms with Crippen LogP contribution in [0.3, 0.4) is 0 Å². The lowest BCUT2D eigenvalue weighted by molar-refractivity contribution is -0.149. The van der Waals surface area contributed by atoms with Gasteiger partial charge in [0.25, 0.3) is 0 Å². The summed E-state index contributed by atoms with van der Waals surface area (Å²) in [5.74, 6) is -2.58. The average Bonchev–Trinajstić information content (AvgIpc) is 3.31. The Bertz CT molecular complexity index is 853. The van der Waals surface area contributed by atoms with E-state index in [4.69, 9.17) is 0 Å². The molecule has 2 N–H and O–H groups in total. The van der Waals surface area contributed by atoms with E-state index in [-0.39, 0.29) is 35.0 Å². The van der Waals surface area contributed by atoms with Crippen molar-refractivity contribution in [1.29, 1.82) is 0 Å². The number of carbonyl (C=O) groups excluding carboxylic acids is 2. The minimum atomic E-state index is -0.932. The van der Waals surface area contributed by atoms with E-state index in [0.29, 0.717) is 32.4 Å². The number of carboxylic acids is 1. The van der Waals surface area contributed by atoms with Crippen LogP contribution in [0.2, 0.25) is 0 Å². The molecule has 3 aliphatic heterocycles. The first-order valence-corrected chi connectivity index (χ1v) is 13.8. The molecule has 7 nitrogen and oxygen atoms in total. The smallest absolute Gasteiger partial charge is 0.308 e. The molecule has 0 saturated carbocycles. The molecule has 3 aliphatic rings. The first-order valence-electron chi connectivity index (χ1n) is 13.0. The van der Waals surface area contributed by atoms with E-state index in [1.54, 1.807) is 22.7 Å². The highest BCUT2D eigenvalue weighted by Crippen LogP contribution is 2.68. The lowest BCUT2D eigenvalue weighted by Crippen LogP contribution is -2.61. The molecule has 1 spiro atoms. The number of carbonyl (C=O) groups is 3. The van der Waals surface area contributed by atoms with Crippen molar-refractivity contribution >= 4 is 29.5 Å². The normalized spacial score (nSPS) is 32.1. The van der Waals surface area contributed by atoms with Crippen molar-refractivity contribution in [2.24, 2.45) is 23.2 Å². The molecule has 0 aromatic heterocycles. The third-order valence-electron chi connectivity index (χ3n) is 8.09. The molecule has 2 amide bonds. The maximum Gasteiger partial charge on any atom is 0.308 e. The summed E-state index contributed by atoms with van der Waals surface area (Å²) in [6, 6.07) is -0.692. The van der Waals surface area contributed by atoms with Crippen LogP contribution in [0.1, 0.15) is 73.6 Å². The predicted octanol–water partition coefficient (Wildman–Crippen LogP) is 3.80. The Morgan fingerprint density at radius 2 is 1.89 bits per heavy atom. The summed E-state index contributed by atoms with van der Waals surface area (Å²) < 4.78 is -0.726. The van der Waals surface area contributed by atoms with E-state index < -0.39 is 34.1 Å². The molecule has 0 aliphatic carbocycles. The van der Waals surface area contributed by atoms with Crippen molar-refractivity contribution in [3.8, 4) is 0 Å². The molecule has 3 rings (SSSR count). The number of carboxylic acid groups (broad SMARTS) is 1. The summed E-state index contributed by atoms with van der Waals surface area (Å²) in [7, 11) is 0. The minimum absolute atomic E-state index is 0.0121. The highest BCUT2D eigenvalue weighted by atomic mass is 32.2. The van der Waals surface area contributed by atoms with Crippen LogP contribution < -0.4 is 0 Å². The van der Waals surface area contributed by atoms with Gasteiger partial charge < -0.3 is 20.0 Å². The number of nitrogens with zero attached hydrogens (tertiary/aromatic N) is 2. The molecule has 35 heavy (non-hydrogen) atoms. The Balaban J connectivity index is 2.06. The van der Waals surface area contributed by atoms with Crippen molar-refractivity contribution in [2.75, 3.05) is 19.7 Å². The zero-order valence-corrected chi connectivity index (χ0v) is 23.1. The summed E-state index contributed by atoms with van der Waals surface area (Å²) in [5, 5.41) is 19.1. The molecule has 0 aromatic carbocycles. The minimum Gasteiger partial charge on any atom is -0.481 e. The van der Waals surface area contributed by atoms with Crippen LogP contribution in [-0.4, -0.2) is 79.1 Å². The summed E-state index contributed by atoms with van der Waals surface area (Å²) in [5.41, 5.74) is -0.484. The lowest BCUT2D eigenvalue weighted by Gasteiger charge is -2.46. The van der Waals surface area contributed by atoms with E-state index in [0.717, 1.165) is 12.8 Å². The summed E-state index contributed by atoms with van der Waals surface area (Å²) >= 11 is 1.58. The number of amides is 2. The number of rotatable bonds is 11. The van der Waals surface area contributed by atoms with Gasteiger partial charge in [0.15, 0.2) is 0 Å². The van der Waals surface area contributed by atoms with Gasteiger partial charge in [0.1, 0.15) is 6.04 Å². The maximum atomic E-state index is 14.5. The lowest BCUT2D eigenvalue weighted by atomic mass is 9.66. The van der Waals surface area contributed by atoms with Crippen molar-refractivity contribution < 1.29 is 24.6 Å². The zero-order chi connectivity index (χ0) is 26.3. The number of aliphatic hydroxyl groups excluding tert-OH is 1. The third kappa shape index (κ3) is 4.89. The Hall–Kier alpha value is -1.54. The van der Waals surface area contributed by atoms with Crippen LogP contribution in [-0.2, 0) is 14.4 Å². The van der Waals surface area contributed by atoms with Crippen molar-refractivity contribution in [2.45, 2.75) is 95.2 Å². The second kappa shape index (κ2) is 10.1. The van der Waals surface area contributed by atoms with Gasteiger partial charge >= 0.3 is 5.97 Å². The number of unbranched alkanes of at least 4 members (excludes halogenated alkanes) is 2. The molecule has 8 heteroatoms. The Kier molecular flexibility index (Phi) is 8.07. The number of aliphatic hydroxyl groups is 1. The fourth-order valence-electron chi connectivity index (χ4n) is 7.20. The summed E-state index contributed by atoms with van der Waals surface area (Å²) in [6.45, 7) is 17.4. The molecule has 6 atom stereocenters. The predicted molar refractivity (Wildman–Crippen MR) is 139 cm³/mol. The summed E-state index contributed by atoms with van der Waals surface area (Å²) in [6.07, 6.45) is 5.28. The average molecular weight is 509 g/mol. The van der Waals surface area contributed by atoms with Gasteiger partial charge in [-0.25, -0.2) is 0 Å². The first-order chi connectivity index (χ1) is 16.2. The molecule has 3 saturated heterocycles. The van der Waals surface area contributed by atoms with Crippen LogP contribution >= 0.6 is 11.8 Å². The van der Waals surface area contributed by atoms with E-state index in [1.165, 1.54) is 0 Å². The van der Waals surface area contributed by atoms with Gasteiger partial charge in [-0.1, -0.05) is 33.8 Å². The second-order valence-corrected chi connectivity index (χ2v) is 14.0. The molecular weight excluding hydrogens is 464 g/mol. The number of likely N-dealkylation sites (tertiary alicyclic amines) is 1. The molecule has 198 valence electrons. The van der Waals surface area contributed by atoms with Gasteiger partial charge in [-0.3, -0.25) is 14.4 Å². The van der Waals surface area contributed by atoms with E-state index >= 15 is 0 Å². The molecule has 2 bridgehead atoms. The largest absolute Gasteiger partial charge is 0.481 e. The van der Waals surface area contributed by atoms with Crippen LogP contribution in [0, 0.1) is 23.2 Å². The van der Waals surface area contributed by atoms with Gasteiger partial charge in [-0.05, 0) is 57.3 Å². The van der Waals surface area contributed by atoms with Crippen LogP contribution in [0.5, 0.6) is 0 Å². The van der Waals surface area contributed by atoms with Crippen molar-refractivity contribution in [1.82, 2.24) is 9.80 Å². The first kappa shape index (κ1) is 28.0. The van der Waals surface area contributed by atoms with Crippen LogP contribution in [0.25, 0.3) is 0 Å². The van der Waals surface area contributed by atoms with Gasteiger partial charge in [0.05, 0.1) is 16.6 Å². The van der Waals surface area contributed by atoms with Gasteiger partial charge in [0, 0.05) is 30.5 Å². The van der Waals surface area contributed by atoms with Crippen molar-refractivity contribution in [3.05, 3.63) is 12.7 Å². The van der Waals surface area contributed by atoms with Crippen LogP contribution in [0.15, 0.2) is 12.7 Å². The SMILES string of the molecule is C=CCN(C(=O)C1N(CCCCCO)C(=O)[C@@H]2[C@@H](C(=O)O)[C@H]3CC(C)C12S3)C(C)(C)CC(C)(C)C. The standard InChI is InChI=1S/C27H44N2O5S/c1-8-12-29(26(6,7)16-25(3,4)5)23(32)21-27-17(2)15-18(35-27)19(24(33)34)20(27)22(31)28(21)13-10-9-11-14-30/h8,17-21,30H,1,9-16H2,2-7H3,(H,33,34)/t17?,18-,19+,20+,21?,27?/m1/s1. The fourth-order valence-corrected chi connectivity index (χ4v) is 9.61. The fraction of sp³-hybridized carbons (Fsp3) is 0.815. The topological polar surface area (TPSA) is 98.2 Å². The monoisotopic (exact) mass is 508 g/mol. The number of thioether (sulfide) groups is 1. The number of hydrogen-bond donors (Lipinski definition) is 2. The zero-order valence-electron chi connectivity index (χ0n) is 22.2. The molecular formula is C27H44N2O5S. The van der Waals surface area contributed by atoms with E-state index in [9.17, 15) is 24.6 Å². The van der Waals surface area contributed by atoms with Gasteiger partial charge in [0.2, 0.25) is 11.8 Å². The van der Waals surface area contributed by atoms with Crippen LogP contribution in [0.4, 0.5) is 0 Å². The highest BCUT2D eigenvalue weighted by molar-refractivity contribution is 8.02. The molecule has 0 radical (unpaired) electrons. The molecule has 0 aromatic rings. The molecule has 3 unspecified atom stereocenters. The van der Waals surface area contributed by atoms with E-state index in [1.807, 2.05) is 4.90 Å². The maximum absolute atomic E-state index is 14.5. The number of hydrogen-bond acceptors (Lipinski definition) is 5. The molecule has 3 heterocycles. The summed E-state index contributed by atoms with van der Waals surface area (Å²) in [4.78, 5) is 44.3. The van der Waals surface area contributed by atoms with Gasteiger partial charge in [-0.15, -0.1) is 18.3 Å². The third-order valence-corrected chi connectivity index (χ3v) is 10.2. The quantitative estimate of drug-likeness (QED) is 0.325. The Morgan fingerprint density at radius 3 is 2.43 bits per heavy atom. The molecule has 3 fully saturated rings.